The zero-order chi connectivity index (χ0) is 12.4. The fourth-order valence-corrected chi connectivity index (χ4v) is 2.92. The first-order valence-electron chi connectivity index (χ1n) is 5.64. The first kappa shape index (κ1) is 12.6. The van der Waals surface area contributed by atoms with Gasteiger partial charge in [-0.2, -0.15) is 5.10 Å². The van der Waals surface area contributed by atoms with E-state index >= 15 is 0 Å². The quantitative estimate of drug-likeness (QED) is 0.926. The van der Waals surface area contributed by atoms with Crippen LogP contribution in [0.25, 0.3) is 0 Å². The van der Waals surface area contributed by atoms with E-state index in [0.29, 0.717) is 5.02 Å². The van der Waals surface area contributed by atoms with Crippen molar-refractivity contribution in [3.63, 3.8) is 0 Å². The summed E-state index contributed by atoms with van der Waals surface area (Å²) in [5, 5.41) is 17.3. The molecule has 2 aromatic rings. The highest BCUT2D eigenvalue weighted by molar-refractivity contribution is 7.10. The van der Waals surface area contributed by atoms with Gasteiger partial charge >= 0.3 is 0 Å². The summed E-state index contributed by atoms with van der Waals surface area (Å²) in [7, 11) is 0. The van der Waals surface area contributed by atoms with Crippen LogP contribution in [0.15, 0.2) is 17.5 Å². The summed E-state index contributed by atoms with van der Waals surface area (Å²) in [6.07, 6.45) is 0.181. The Labute approximate surface area is 110 Å². The van der Waals surface area contributed by atoms with Crippen molar-refractivity contribution in [2.45, 2.75) is 32.9 Å². The monoisotopic (exact) mass is 270 g/mol. The molecule has 0 spiro atoms. The Morgan fingerprint density at radius 1 is 1.53 bits per heavy atom. The minimum Gasteiger partial charge on any atom is -0.381 e. The fourth-order valence-electron chi connectivity index (χ4n) is 1.77. The Morgan fingerprint density at radius 2 is 2.29 bits per heavy atom. The Balaban J connectivity index is 2.39. The number of hydrogen-bond acceptors (Lipinski definition) is 3. The molecular formula is C12H15ClN2OS. The number of hydrogen-bond donors (Lipinski definition) is 1. The number of aryl methyl sites for hydroxylation is 2. The molecule has 0 aliphatic heterocycles. The zero-order valence-corrected chi connectivity index (χ0v) is 11.4. The minimum absolute atomic E-state index is 0.615. The third kappa shape index (κ3) is 2.39. The van der Waals surface area contributed by atoms with E-state index < -0.39 is 6.10 Å². The summed E-state index contributed by atoms with van der Waals surface area (Å²) >= 11 is 7.51. The highest BCUT2D eigenvalue weighted by Gasteiger charge is 2.20. The first-order valence-corrected chi connectivity index (χ1v) is 6.90. The summed E-state index contributed by atoms with van der Waals surface area (Å²) in [6.45, 7) is 4.81. The van der Waals surface area contributed by atoms with Crippen molar-refractivity contribution in [1.82, 2.24) is 9.78 Å². The van der Waals surface area contributed by atoms with Gasteiger partial charge in [-0.15, -0.1) is 11.3 Å². The van der Waals surface area contributed by atoms with Crippen LogP contribution < -0.4 is 0 Å². The Hall–Kier alpha value is -0.840. The molecule has 0 radical (unpaired) electrons. The Kier molecular flexibility index (Phi) is 3.86. The van der Waals surface area contributed by atoms with Crippen molar-refractivity contribution in [2.75, 3.05) is 0 Å². The number of aliphatic hydroxyl groups is 1. The Morgan fingerprint density at radius 3 is 2.82 bits per heavy atom. The maximum Gasteiger partial charge on any atom is 0.131 e. The molecule has 0 aromatic carbocycles. The van der Waals surface area contributed by atoms with E-state index in [1.165, 1.54) is 11.3 Å². The molecule has 1 atom stereocenters. The molecule has 0 fully saturated rings. The molecule has 1 N–H and O–H groups in total. The summed E-state index contributed by atoms with van der Waals surface area (Å²) in [6, 6.07) is 3.75. The standard InChI is InChI=1S/C12H15ClN2OS/c1-3-8-7-10(15(4-2)14-8)11(16)12-9(13)5-6-17-12/h5-7,11,16H,3-4H2,1-2H3. The third-order valence-corrected chi connectivity index (χ3v) is 4.11. The van der Waals surface area contributed by atoms with Crippen molar-refractivity contribution < 1.29 is 5.11 Å². The average molecular weight is 271 g/mol. The van der Waals surface area contributed by atoms with Gasteiger partial charge in [0.15, 0.2) is 0 Å². The predicted octanol–water partition coefficient (Wildman–Crippen LogP) is 3.26. The summed E-state index contributed by atoms with van der Waals surface area (Å²) in [5.74, 6) is 0. The topological polar surface area (TPSA) is 38.0 Å². The molecule has 2 aromatic heterocycles. The minimum atomic E-state index is -0.685. The number of thiophene rings is 1. The highest BCUT2D eigenvalue weighted by atomic mass is 35.5. The number of rotatable bonds is 4. The SMILES string of the molecule is CCc1cc(C(O)c2sccc2Cl)n(CC)n1. The predicted molar refractivity (Wildman–Crippen MR) is 70.7 cm³/mol. The van der Waals surface area contributed by atoms with Crippen LogP contribution in [0.2, 0.25) is 5.02 Å². The number of aliphatic hydroxyl groups excluding tert-OH is 1. The Bertz CT molecular complexity index is 506. The van der Waals surface area contributed by atoms with Crippen LogP contribution in [0.4, 0.5) is 0 Å². The molecule has 5 heteroatoms. The molecule has 0 saturated carbocycles. The fraction of sp³-hybridized carbons (Fsp3) is 0.417. The molecule has 0 aliphatic carbocycles. The van der Waals surface area contributed by atoms with Crippen LogP contribution in [-0.2, 0) is 13.0 Å². The molecule has 2 rings (SSSR count). The summed E-state index contributed by atoms with van der Waals surface area (Å²) in [5.41, 5.74) is 1.81. The maximum atomic E-state index is 10.3. The summed E-state index contributed by atoms with van der Waals surface area (Å²) in [4.78, 5) is 0.781. The normalized spacial score (nSPS) is 12.9. The number of halogens is 1. The first-order chi connectivity index (χ1) is 8.17. The van der Waals surface area contributed by atoms with Crippen molar-refractivity contribution in [2.24, 2.45) is 0 Å². The van der Waals surface area contributed by atoms with Gasteiger partial charge in [-0.25, -0.2) is 0 Å². The maximum absolute atomic E-state index is 10.3. The van der Waals surface area contributed by atoms with E-state index in [1.54, 1.807) is 6.07 Å². The lowest BCUT2D eigenvalue weighted by molar-refractivity contribution is 0.212. The second-order valence-corrected chi connectivity index (χ2v) is 5.12. The van der Waals surface area contributed by atoms with Gasteiger partial charge in [-0.3, -0.25) is 4.68 Å². The lowest BCUT2D eigenvalue weighted by Gasteiger charge is -2.11. The highest BCUT2D eigenvalue weighted by Crippen LogP contribution is 2.33. The van der Waals surface area contributed by atoms with Crippen molar-refractivity contribution in [3.8, 4) is 0 Å². The van der Waals surface area contributed by atoms with Crippen LogP contribution in [0.1, 0.15) is 36.2 Å². The molecule has 2 heterocycles. The van der Waals surface area contributed by atoms with Crippen LogP contribution in [0.3, 0.4) is 0 Å². The molecular weight excluding hydrogens is 256 g/mol. The average Bonchev–Trinajstić information content (AvgIpc) is 2.93. The van der Waals surface area contributed by atoms with Gasteiger partial charge in [0, 0.05) is 6.54 Å². The van der Waals surface area contributed by atoms with Gasteiger partial charge in [0.25, 0.3) is 0 Å². The number of aromatic nitrogens is 2. The largest absolute Gasteiger partial charge is 0.381 e. The molecule has 0 saturated heterocycles. The smallest absolute Gasteiger partial charge is 0.131 e. The van der Waals surface area contributed by atoms with E-state index in [-0.39, 0.29) is 0 Å². The van der Waals surface area contributed by atoms with E-state index in [0.717, 1.165) is 29.2 Å². The van der Waals surface area contributed by atoms with Gasteiger partial charge in [-0.1, -0.05) is 18.5 Å². The van der Waals surface area contributed by atoms with Crippen LogP contribution in [0.5, 0.6) is 0 Å². The molecule has 17 heavy (non-hydrogen) atoms. The zero-order valence-electron chi connectivity index (χ0n) is 9.85. The van der Waals surface area contributed by atoms with Gasteiger partial charge in [0.05, 0.1) is 21.3 Å². The molecule has 0 amide bonds. The lowest BCUT2D eigenvalue weighted by Crippen LogP contribution is -2.08. The van der Waals surface area contributed by atoms with Crippen LogP contribution >= 0.6 is 22.9 Å². The molecule has 3 nitrogen and oxygen atoms in total. The van der Waals surface area contributed by atoms with E-state index in [4.69, 9.17) is 11.6 Å². The van der Waals surface area contributed by atoms with Crippen molar-refractivity contribution >= 4 is 22.9 Å². The summed E-state index contributed by atoms with van der Waals surface area (Å²) < 4.78 is 1.83. The second-order valence-electron chi connectivity index (χ2n) is 3.77. The van der Waals surface area contributed by atoms with Crippen LogP contribution in [0, 0.1) is 0 Å². The van der Waals surface area contributed by atoms with Gasteiger partial charge < -0.3 is 5.11 Å². The van der Waals surface area contributed by atoms with Crippen molar-refractivity contribution in [1.29, 1.82) is 0 Å². The van der Waals surface area contributed by atoms with E-state index in [1.807, 2.05) is 23.1 Å². The van der Waals surface area contributed by atoms with E-state index in [9.17, 15) is 5.11 Å². The second kappa shape index (κ2) is 5.21. The van der Waals surface area contributed by atoms with E-state index in [2.05, 4.69) is 12.0 Å². The molecule has 1 unspecified atom stereocenters. The lowest BCUT2D eigenvalue weighted by atomic mass is 10.2. The van der Waals surface area contributed by atoms with Gasteiger partial charge in [-0.05, 0) is 30.9 Å². The van der Waals surface area contributed by atoms with Crippen molar-refractivity contribution in [3.05, 3.63) is 38.8 Å². The third-order valence-electron chi connectivity index (χ3n) is 2.70. The van der Waals surface area contributed by atoms with Crippen LogP contribution in [-0.4, -0.2) is 14.9 Å². The molecule has 0 aliphatic rings. The molecule has 92 valence electrons. The molecule has 0 bridgehead atoms. The van der Waals surface area contributed by atoms with Gasteiger partial charge in [0.2, 0.25) is 0 Å². The van der Waals surface area contributed by atoms with Gasteiger partial charge in [0.1, 0.15) is 6.10 Å². The number of nitrogens with zero attached hydrogens (tertiary/aromatic N) is 2.